The minimum absolute atomic E-state index is 0.0146. The van der Waals surface area contributed by atoms with Gasteiger partial charge in [0.25, 0.3) is 0 Å². The lowest BCUT2D eigenvalue weighted by molar-refractivity contribution is -0.296. The van der Waals surface area contributed by atoms with Crippen molar-refractivity contribution in [3.05, 3.63) is 0 Å². The number of aliphatic hydroxyl groups is 4. The summed E-state index contributed by atoms with van der Waals surface area (Å²) < 4.78 is 25.1. The molecule has 3 fully saturated rings. The standard InChI is InChI=1S/C28H51NO9/c1-10-19(30)28(8,34)24-17(6)22-13(2)12-27(7,38-22)23(15(4)20(31)16(5)25(33)36-24)37-26-21(32)18(29-9)11-14(3)35-26/h13-24,26,29-32,34H,10-12H2,1-9H3/t13?,14?,15-,16+,17-,18?,19+,20+,21?,22?,23+,24+,26?,27-,28+/m0/s1. The summed E-state index contributed by atoms with van der Waals surface area (Å²) in [4.78, 5) is 13.3. The van der Waals surface area contributed by atoms with Crippen LogP contribution in [-0.4, -0.2) is 99.7 Å². The molecular formula is C28H51NO9. The zero-order chi connectivity index (χ0) is 28.7. The monoisotopic (exact) mass is 545 g/mol. The van der Waals surface area contributed by atoms with E-state index < -0.39 is 77.8 Å². The number of esters is 1. The highest BCUT2D eigenvalue weighted by Gasteiger charge is 2.57. The molecule has 0 aromatic rings. The van der Waals surface area contributed by atoms with Gasteiger partial charge in [-0.05, 0) is 59.9 Å². The van der Waals surface area contributed by atoms with Crippen LogP contribution >= 0.6 is 0 Å². The second kappa shape index (κ2) is 11.9. The number of fused-ring (bicyclic) bond motifs is 2. The predicted octanol–water partition coefficient (Wildman–Crippen LogP) is 1.36. The van der Waals surface area contributed by atoms with E-state index in [0.29, 0.717) is 12.8 Å². The number of cyclic esters (lactones) is 1. The van der Waals surface area contributed by atoms with Crippen LogP contribution in [0.15, 0.2) is 0 Å². The number of carbonyl (C=O) groups is 1. The van der Waals surface area contributed by atoms with E-state index in [1.54, 1.807) is 27.8 Å². The Kier molecular flexibility index (Phi) is 9.96. The van der Waals surface area contributed by atoms with Crippen LogP contribution < -0.4 is 5.32 Å². The predicted molar refractivity (Wildman–Crippen MR) is 140 cm³/mol. The molecule has 6 unspecified atom stereocenters. The second-order valence-electron chi connectivity index (χ2n) is 12.6. The molecule has 222 valence electrons. The van der Waals surface area contributed by atoms with E-state index in [4.69, 9.17) is 18.9 Å². The van der Waals surface area contributed by atoms with Crippen LogP contribution in [0.2, 0.25) is 0 Å². The lowest BCUT2D eigenvalue weighted by Gasteiger charge is -2.45. The molecule has 0 aliphatic carbocycles. The van der Waals surface area contributed by atoms with E-state index in [-0.39, 0.29) is 24.5 Å². The molecule has 0 amide bonds. The number of carbonyl (C=O) groups excluding carboxylic acids is 1. The molecule has 2 bridgehead atoms. The van der Waals surface area contributed by atoms with Crippen molar-refractivity contribution in [3.8, 4) is 0 Å². The van der Waals surface area contributed by atoms with E-state index in [1.165, 1.54) is 6.92 Å². The van der Waals surface area contributed by atoms with Gasteiger partial charge in [0.2, 0.25) is 0 Å². The van der Waals surface area contributed by atoms with Gasteiger partial charge < -0.3 is 44.7 Å². The van der Waals surface area contributed by atoms with Crippen molar-refractivity contribution in [1.82, 2.24) is 5.32 Å². The fourth-order valence-corrected chi connectivity index (χ4v) is 7.00. The molecule has 3 aliphatic heterocycles. The Balaban J connectivity index is 2.03. The fourth-order valence-electron chi connectivity index (χ4n) is 7.00. The van der Waals surface area contributed by atoms with Crippen molar-refractivity contribution >= 4 is 5.97 Å². The van der Waals surface area contributed by atoms with E-state index in [9.17, 15) is 25.2 Å². The summed E-state index contributed by atoms with van der Waals surface area (Å²) in [5.74, 6) is -2.70. The van der Waals surface area contributed by atoms with Gasteiger partial charge in [-0.3, -0.25) is 4.79 Å². The van der Waals surface area contributed by atoms with Crippen LogP contribution in [0.1, 0.15) is 74.7 Å². The lowest BCUT2D eigenvalue weighted by atomic mass is 9.76. The molecule has 3 aliphatic rings. The van der Waals surface area contributed by atoms with Gasteiger partial charge in [-0.2, -0.15) is 0 Å². The van der Waals surface area contributed by atoms with Crippen molar-refractivity contribution in [3.63, 3.8) is 0 Å². The average molecular weight is 546 g/mol. The third-order valence-electron chi connectivity index (χ3n) is 9.37. The second-order valence-corrected chi connectivity index (χ2v) is 12.6. The first-order chi connectivity index (χ1) is 17.6. The summed E-state index contributed by atoms with van der Waals surface area (Å²) in [7, 11) is 1.78. The SMILES string of the molecule is CC[C@@H](O)[C@@](C)(O)[C@@H]1OC(=O)[C@H](C)[C@H](O)[C@H](C)[C@@H](OC2OC(C)CC(NC)C2O)[C@]2(C)CC(C)C(O2)[C@@H]1C. The molecule has 3 heterocycles. The number of likely N-dealkylation sites (N-methyl/N-ethyl adjacent to an activating group) is 1. The van der Waals surface area contributed by atoms with E-state index in [1.807, 2.05) is 27.7 Å². The molecule has 3 rings (SSSR count). The van der Waals surface area contributed by atoms with Crippen molar-refractivity contribution in [1.29, 1.82) is 0 Å². The molecule has 10 heteroatoms. The quantitative estimate of drug-likeness (QED) is 0.310. The normalized spacial score (nSPS) is 49.0. The number of ether oxygens (including phenoxy) is 4. The van der Waals surface area contributed by atoms with E-state index in [0.717, 1.165) is 0 Å². The Morgan fingerprint density at radius 1 is 1.16 bits per heavy atom. The average Bonchev–Trinajstić information content (AvgIpc) is 3.18. The van der Waals surface area contributed by atoms with Gasteiger partial charge >= 0.3 is 5.97 Å². The zero-order valence-electron chi connectivity index (χ0n) is 24.5. The lowest BCUT2D eigenvalue weighted by Crippen LogP contribution is -2.58. The summed E-state index contributed by atoms with van der Waals surface area (Å²) in [6.45, 7) is 14.4. The summed E-state index contributed by atoms with van der Waals surface area (Å²) in [6.07, 6.45) is -5.10. The number of aliphatic hydroxyl groups excluding tert-OH is 3. The van der Waals surface area contributed by atoms with Crippen LogP contribution in [0, 0.1) is 23.7 Å². The fraction of sp³-hybridized carbons (Fsp3) is 0.964. The summed E-state index contributed by atoms with van der Waals surface area (Å²) in [5.41, 5.74) is -2.63. The van der Waals surface area contributed by atoms with Crippen molar-refractivity contribution < 1.29 is 44.2 Å². The van der Waals surface area contributed by atoms with Crippen molar-refractivity contribution in [2.75, 3.05) is 7.05 Å². The largest absolute Gasteiger partial charge is 0.459 e. The zero-order valence-corrected chi connectivity index (χ0v) is 24.5. The Bertz CT molecular complexity index is 811. The highest BCUT2D eigenvalue weighted by atomic mass is 16.7. The van der Waals surface area contributed by atoms with E-state index in [2.05, 4.69) is 5.32 Å². The number of hydrogen-bond donors (Lipinski definition) is 5. The Morgan fingerprint density at radius 2 is 1.79 bits per heavy atom. The topological polar surface area (TPSA) is 147 Å². The van der Waals surface area contributed by atoms with Gasteiger partial charge in [0.05, 0.1) is 42.0 Å². The molecule has 38 heavy (non-hydrogen) atoms. The van der Waals surface area contributed by atoms with Crippen LogP contribution in [0.5, 0.6) is 0 Å². The van der Waals surface area contributed by atoms with Gasteiger partial charge in [0.1, 0.15) is 17.8 Å². The Morgan fingerprint density at radius 3 is 2.37 bits per heavy atom. The molecule has 5 N–H and O–H groups in total. The first kappa shape index (κ1) is 31.7. The molecule has 10 nitrogen and oxygen atoms in total. The molecule has 0 aromatic heterocycles. The molecule has 15 atom stereocenters. The van der Waals surface area contributed by atoms with Crippen molar-refractivity contribution in [2.45, 2.75) is 141 Å². The van der Waals surface area contributed by atoms with Crippen LogP contribution in [0.25, 0.3) is 0 Å². The molecule has 0 radical (unpaired) electrons. The minimum atomic E-state index is -1.73. The van der Waals surface area contributed by atoms with Gasteiger partial charge in [-0.15, -0.1) is 0 Å². The third-order valence-corrected chi connectivity index (χ3v) is 9.37. The maximum absolute atomic E-state index is 13.3. The summed E-state index contributed by atoms with van der Waals surface area (Å²) >= 11 is 0. The van der Waals surface area contributed by atoms with Gasteiger partial charge in [-0.25, -0.2) is 0 Å². The highest BCUT2D eigenvalue weighted by Crippen LogP contribution is 2.47. The number of rotatable bonds is 6. The Labute approximate surface area is 227 Å². The molecule has 0 aromatic carbocycles. The van der Waals surface area contributed by atoms with Crippen LogP contribution in [0.4, 0.5) is 0 Å². The number of hydrogen-bond acceptors (Lipinski definition) is 10. The number of nitrogens with one attached hydrogen (secondary N) is 1. The van der Waals surface area contributed by atoms with Crippen molar-refractivity contribution in [2.24, 2.45) is 23.7 Å². The van der Waals surface area contributed by atoms with Crippen LogP contribution in [0.3, 0.4) is 0 Å². The maximum atomic E-state index is 13.3. The van der Waals surface area contributed by atoms with E-state index >= 15 is 0 Å². The van der Waals surface area contributed by atoms with Crippen LogP contribution in [-0.2, 0) is 23.7 Å². The molecule has 3 saturated heterocycles. The summed E-state index contributed by atoms with van der Waals surface area (Å²) in [5, 5.41) is 47.6. The summed E-state index contributed by atoms with van der Waals surface area (Å²) in [6, 6.07) is -0.224. The maximum Gasteiger partial charge on any atom is 0.311 e. The first-order valence-electron chi connectivity index (χ1n) is 14.2. The van der Waals surface area contributed by atoms with Gasteiger partial charge in [-0.1, -0.05) is 27.7 Å². The molecular weight excluding hydrogens is 494 g/mol. The minimum Gasteiger partial charge on any atom is -0.459 e. The molecule has 0 saturated carbocycles. The first-order valence-corrected chi connectivity index (χ1v) is 14.2. The third kappa shape index (κ3) is 5.93. The highest BCUT2D eigenvalue weighted by molar-refractivity contribution is 5.73. The van der Waals surface area contributed by atoms with Gasteiger partial charge in [0, 0.05) is 17.9 Å². The smallest absolute Gasteiger partial charge is 0.311 e. The Hall–Kier alpha value is -0.850. The molecule has 0 spiro atoms. The van der Waals surface area contributed by atoms with Gasteiger partial charge in [0.15, 0.2) is 6.29 Å².